The fraction of sp³-hybridized carbons (Fsp3) is 0.556. The molecular formula is C36H48N8O2. The Morgan fingerprint density at radius 3 is 2.67 bits per heavy atom. The zero-order valence-electron chi connectivity index (χ0n) is 27.6. The highest BCUT2D eigenvalue weighted by atomic mass is 16.5. The summed E-state index contributed by atoms with van der Waals surface area (Å²) < 4.78 is 9.84. The Morgan fingerprint density at radius 2 is 1.91 bits per heavy atom. The van der Waals surface area contributed by atoms with Gasteiger partial charge in [-0.2, -0.15) is 10.2 Å². The van der Waals surface area contributed by atoms with Crippen molar-refractivity contribution in [3.8, 4) is 22.5 Å². The second-order valence-corrected chi connectivity index (χ2v) is 13.3. The highest BCUT2D eigenvalue weighted by Crippen LogP contribution is 2.37. The lowest BCUT2D eigenvalue weighted by atomic mass is 9.96. The number of amides is 1. The van der Waals surface area contributed by atoms with Gasteiger partial charge in [-0.3, -0.25) is 19.1 Å². The van der Waals surface area contributed by atoms with E-state index in [9.17, 15) is 4.79 Å². The van der Waals surface area contributed by atoms with Crippen LogP contribution in [0.1, 0.15) is 75.7 Å². The minimum atomic E-state index is 0.105. The molecule has 2 fully saturated rings. The molecule has 0 radical (unpaired) electrons. The molecule has 1 N–H and O–H groups in total. The van der Waals surface area contributed by atoms with E-state index in [-0.39, 0.29) is 11.9 Å². The highest BCUT2D eigenvalue weighted by Gasteiger charge is 2.30. The van der Waals surface area contributed by atoms with Gasteiger partial charge in [0.05, 0.1) is 29.7 Å². The minimum Gasteiger partial charge on any atom is -0.385 e. The lowest BCUT2D eigenvalue weighted by Crippen LogP contribution is -2.46. The van der Waals surface area contributed by atoms with Crippen molar-refractivity contribution in [1.82, 2.24) is 39.7 Å². The van der Waals surface area contributed by atoms with E-state index >= 15 is 0 Å². The number of nitrogens with one attached hydrogen (secondary N) is 1. The van der Waals surface area contributed by atoms with Crippen molar-refractivity contribution in [3.05, 3.63) is 54.1 Å². The summed E-state index contributed by atoms with van der Waals surface area (Å²) in [6.07, 6.45) is 13.6. The molecule has 6 heterocycles. The van der Waals surface area contributed by atoms with Gasteiger partial charge in [0.1, 0.15) is 0 Å². The van der Waals surface area contributed by atoms with Crippen molar-refractivity contribution < 1.29 is 9.53 Å². The summed E-state index contributed by atoms with van der Waals surface area (Å²) in [6, 6.07) is 10.0. The first-order valence-corrected chi connectivity index (χ1v) is 17.3. The lowest BCUT2D eigenvalue weighted by Gasteiger charge is -2.39. The second-order valence-electron chi connectivity index (χ2n) is 13.3. The first-order chi connectivity index (χ1) is 22.5. The Morgan fingerprint density at radius 1 is 1.09 bits per heavy atom. The van der Waals surface area contributed by atoms with E-state index < -0.39 is 0 Å². The van der Waals surface area contributed by atoms with Gasteiger partial charge < -0.3 is 19.9 Å². The number of carbonyl (C=O) groups excluding carboxylic acids is 1. The molecule has 10 nitrogen and oxygen atoms in total. The van der Waals surface area contributed by atoms with Crippen molar-refractivity contribution in [1.29, 1.82) is 0 Å². The zero-order valence-corrected chi connectivity index (χ0v) is 27.6. The number of fused-ring (bicyclic) bond motifs is 2. The van der Waals surface area contributed by atoms with Crippen LogP contribution in [0.4, 0.5) is 0 Å². The number of likely N-dealkylation sites (tertiary alicyclic amines) is 1. The average molecular weight is 625 g/mol. The summed E-state index contributed by atoms with van der Waals surface area (Å²) in [7, 11) is 1.75. The van der Waals surface area contributed by atoms with E-state index in [0.717, 1.165) is 110 Å². The monoisotopic (exact) mass is 624 g/mol. The molecule has 0 aliphatic carbocycles. The van der Waals surface area contributed by atoms with Crippen LogP contribution >= 0.6 is 0 Å². The van der Waals surface area contributed by atoms with E-state index in [1.807, 2.05) is 17.3 Å². The van der Waals surface area contributed by atoms with Gasteiger partial charge in [-0.1, -0.05) is 25.1 Å². The summed E-state index contributed by atoms with van der Waals surface area (Å²) in [5.41, 5.74) is 6.41. The number of hydrogen-bond acceptors (Lipinski definition) is 7. The molecule has 3 aliphatic heterocycles. The number of pyridine rings is 1. The Hall–Kier alpha value is -3.60. The second kappa shape index (κ2) is 13.6. The maximum atomic E-state index is 12.4. The van der Waals surface area contributed by atoms with E-state index in [1.165, 1.54) is 18.5 Å². The molecule has 244 valence electrons. The van der Waals surface area contributed by atoms with E-state index in [4.69, 9.17) is 19.9 Å². The maximum Gasteiger partial charge on any atom is 0.219 e. The average Bonchev–Trinajstić information content (AvgIpc) is 3.74. The van der Waals surface area contributed by atoms with Gasteiger partial charge in [0.25, 0.3) is 0 Å². The highest BCUT2D eigenvalue weighted by molar-refractivity contribution is 5.97. The third-order valence-electron chi connectivity index (χ3n) is 10.6. The predicted octanol–water partition coefficient (Wildman–Crippen LogP) is 5.24. The van der Waals surface area contributed by atoms with Gasteiger partial charge in [-0.05, 0) is 63.1 Å². The summed E-state index contributed by atoms with van der Waals surface area (Å²) in [6.45, 7) is 10.5. The molecule has 2 saturated heterocycles. The predicted molar refractivity (Wildman–Crippen MR) is 181 cm³/mol. The fourth-order valence-corrected chi connectivity index (χ4v) is 7.88. The third-order valence-corrected chi connectivity index (χ3v) is 10.6. The molecule has 7 rings (SSSR count). The quantitative estimate of drug-likeness (QED) is 0.272. The number of carbonyl (C=O) groups is 1. The molecule has 3 aromatic heterocycles. The topological polar surface area (TPSA) is 93.3 Å². The van der Waals surface area contributed by atoms with Crippen LogP contribution in [0.2, 0.25) is 0 Å². The Bertz CT molecular complexity index is 1660. The summed E-state index contributed by atoms with van der Waals surface area (Å²) in [5.74, 6) is 0.105. The number of aromatic nitrogens is 5. The molecule has 1 aromatic carbocycles. The molecule has 1 unspecified atom stereocenters. The Labute approximate surface area is 272 Å². The molecule has 0 spiro atoms. The fourth-order valence-electron chi connectivity index (χ4n) is 7.88. The minimum absolute atomic E-state index is 0.105. The van der Waals surface area contributed by atoms with E-state index in [1.54, 1.807) is 14.0 Å². The van der Waals surface area contributed by atoms with Crippen LogP contribution in [-0.2, 0) is 22.5 Å². The first kappa shape index (κ1) is 31.0. The van der Waals surface area contributed by atoms with Gasteiger partial charge in [-0.15, -0.1) is 0 Å². The SMILES string of the molecule is CCC(CCOC)n1nc(-c2cccc3cc(-c4cnn(C5CCN(C6CCNCC6)CC5)c4)ncc23)c2c1CCN(C(C)=O)C2. The standard InChI is InChI=1S/C36H48N8O2/c1-4-28(13-19-46-3)44-35-12-18-42(25(2)45)24-33(35)36(40-44)31-7-5-6-26-20-34(38-22-32(26)31)27-21-39-43(23-27)30-10-16-41(17-11-30)29-8-14-37-15-9-29/h5-7,20-23,28-30,37H,4,8-19,24H2,1-3H3. The Kier molecular flexibility index (Phi) is 9.19. The summed E-state index contributed by atoms with van der Waals surface area (Å²) in [5, 5.41) is 15.8. The molecule has 4 aromatic rings. The number of ether oxygens (including phenoxy) is 1. The number of rotatable bonds is 9. The van der Waals surface area contributed by atoms with Crippen molar-refractivity contribution >= 4 is 16.7 Å². The largest absolute Gasteiger partial charge is 0.385 e. The summed E-state index contributed by atoms with van der Waals surface area (Å²) >= 11 is 0. The van der Waals surface area contributed by atoms with Crippen LogP contribution in [0, 0.1) is 0 Å². The number of hydrogen-bond donors (Lipinski definition) is 1. The number of nitrogens with zero attached hydrogens (tertiary/aromatic N) is 7. The Balaban J connectivity index is 1.16. The van der Waals surface area contributed by atoms with E-state index in [2.05, 4.69) is 57.0 Å². The van der Waals surface area contributed by atoms with Crippen molar-refractivity contribution in [2.24, 2.45) is 0 Å². The third kappa shape index (κ3) is 6.10. The molecule has 46 heavy (non-hydrogen) atoms. The maximum absolute atomic E-state index is 12.4. The van der Waals surface area contributed by atoms with Crippen molar-refractivity contribution in [2.45, 2.75) is 83.5 Å². The van der Waals surface area contributed by atoms with Crippen molar-refractivity contribution in [2.75, 3.05) is 46.4 Å². The summed E-state index contributed by atoms with van der Waals surface area (Å²) in [4.78, 5) is 22.0. The van der Waals surface area contributed by atoms with Crippen LogP contribution in [0.25, 0.3) is 33.3 Å². The first-order valence-electron chi connectivity index (χ1n) is 17.3. The molecule has 3 aliphatic rings. The molecular weight excluding hydrogens is 576 g/mol. The van der Waals surface area contributed by atoms with Gasteiger partial charge in [0, 0.05) is 99.4 Å². The van der Waals surface area contributed by atoms with Crippen LogP contribution in [0.3, 0.4) is 0 Å². The van der Waals surface area contributed by atoms with E-state index in [0.29, 0.717) is 19.2 Å². The van der Waals surface area contributed by atoms with Gasteiger partial charge in [-0.25, -0.2) is 0 Å². The molecule has 0 saturated carbocycles. The van der Waals surface area contributed by atoms with Gasteiger partial charge in [0.15, 0.2) is 0 Å². The van der Waals surface area contributed by atoms with Crippen LogP contribution in [0.5, 0.6) is 0 Å². The zero-order chi connectivity index (χ0) is 31.6. The molecule has 1 amide bonds. The van der Waals surface area contributed by atoms with Crippen LogP contribution in [0.15, 0.2) is 42.9 Å². The molecule has 1 atom stereocenters. The number of piperidine rings is 2. The lowest BCUT2D eigenvalue weighted by molar-refractivity contribution is -0.129. The number of methoxy groups -OCH3 is 1. The van der Waals surface area contributed by atoms with Crippen LogP contribution < -0.4 is 5.32 Å². The molecule has 0 bridgehead atoms. The smallest absolute Gasteiger partial charge is 0.219 e. The van der Waals surface area contributed by atoms with Gasteiger partial charge >= 0.3 is 0 Å². The van der Waals surface area contributed by atoms with Crippen LogP contribution in [-0.4, -0.2) is 92.7 Å². The van der Waals surface area contributed by atoms with Gasteiger partial charge in [0.2, 0.25) is 5.91 Å². The number of benzene rings is 1. The van der Waals surface area contributed by atoms with Crippen molar-refractivity contribution in [3.63, 3.8) is 0 Å². The normalized spacial score (nSPS) is 19.1. The molecule has 10 heteroatoms.